The van der Waals surface area contributed by atoms with Crippen LogP contribution in [0.15, 0.2) is 0 Å². The van der Waals surface area contributed by atoms with Crippen molar-refractivity contribution >= 4 is 0 Å². The molecule has 0 aromatic rings. The second-order valence-electron chi connectivity index (χ2n) is 5.36. The van der Waals surface area contributed by atoms with Gasteiger partial charge >= 0.3 is 0 Å². The Balaban J connectivity index is 1.90. The number of nitrogens with zero attached hydrogens (tertiary/aromatic N) is 1. The van der Waals surface area contributed by atoms with Crippen molar-refractivity contribution in [1.82, 2.24) is 4.90 Å². The summed E-state index contributed by atoms with van der Waals surface area (Å²) >= 11 is 0. The second-order valence-corrected chi connectivity index (χ2v) is 5.36. The smallest absolute Gasteiger partial charge is 0.0558 e. The van der Waals surface area contributed by atoms with Crippen LogP contribution in [0, 0.1) is 0 Å². The largest absolute Gasteiger partial charge is 0.395 e. The van der Waals surface area contributed by atoms with Crippen LogP contribution in [-0.2, 0) is 0 Å². The molecule has 0 saturated heterocycles. The lowest BCUT2D eigenvalue weighted by Gasteiger charge is -2.39. The molecular formula is C13H25NO2. The molecular weight excluding hydrogens is 202 g/mol. The Hall–Kier alpha value is -0.120. The molecule has 3 nitrogen and oxygen atoms in total. The topological polar surface area (TPSA) is 43.7 Å². The van der Waals surface area contributed by atoms with Crippen LogP contribution in [0.1, 0.15) is 51.4 Å². The van der Waals surface area contributed by atoms with E-state index < -0.39 is 0 Å². The first kappa shape index (κ1) is 12.3. The average Bonchev–Trinajstić information content (AvgIpc) is 2.81. The zero-order chi connectivity index (χ0) is 11.4. The summed E-state index contributed by atoms with van der Waals surface area (Å²) in [5, 5.41) is 18.7. The summed E-state index contributed by atoms with van der Waals surface area (Å²) in [5.41, 5.74) is 0. The number of rotatable bonds is 4. The van der Waals surface area contributed by atoms with E-state index in [0.717, 1.165) is 32.2 Å². The van der Waals surface area contributed by atoms with Crippen LogP contribution < -0.4 is 0 Å². The van der Waals surface area contributed by atoms with Crippen LogP contribution in [0.25, 0.3) is 0 Å². The maximum absolute atomic E-state index is 9.54. The van der Waals surface area contributed by atoms with Crippen molar-refractivity contribution < 1.29 is 10.2 Å². The lowest BCUT2D eigenvalue weighted by atomic mass is 9.91. The van der Waals surface area contributed by atoms with E-state index in [2.05, 4.69) is 4.90 Å². The van der Waals surface area contributed by atoms with Crippen LogP contribution >= 0.6 is 0 Å². The van der Waals surface area contributed by atoms with Gasteiger partial charge in [-0.05, 0) is 38.5 Å². The fraction of sp³-hybridized carbons (Fsp3) is 1.00. The predicted octanol–water partition coefficient (Wildman–Crippen LogP) is 1.53. The highest BCUT2D eigenvalue weighted by molar-refractivity contribution is 4.86. The Morgan fingerprint density at radius 2 is 1.44 bits per heavy atom. The summed E-state index contributed by atoms with van der Waals surface area (Å²) in [7, 11) is 0. The minimum absolute atomic E-state index is 0.0733. The third kappa shape index (κ3) is 2.96. The zero-order valence-electron chi connectivity index (χ0n) is 10.1. The lowest BCUT2D eigenvalue weighted by molar-refractivity contribution is 0.0427. The first-order valence-corrected chi connectivity index (χ1v) is 6.86. The maximum Gasteiger partial charge on any atom is 0.0558 e. The summed E-state index contributed by atoms with van der Waals surface area (Å²) in [6, 6.07) is 1.31. The maximum atomic E-state index is 9.54. The van der Waals surface area contributed by atoms with Crippen LogP contribution in [0.3, 0.4) is 0 Å². The molecule has 3 heteroatoms. The molecule has 94 valence electrons. The van der Waals surface area contributed by atoms with Crippen molar-refractivity contribution in [2.75, 3.05) is 13.2 Å². The normalized spacial score (nSPS) is 32.4. The molecule has 2 saturated carbocycles. The Bertz CT molecular complexity index is 196. The third-order valence-electron chi connectivity index (χ3n) is 4.29. The van der Waals surface area contributed by atoms with Crippen LogP contribution in [-0.4, -0.2) is 46.5 Å². The first-order chi connectivity index (χ1) is 7.81. The highest BCUT2D eigenvalue weighted by Crippen LogP contribution is 2.30. The fourth-order valence-electron chi connectivity index (χ4n) is 3.40. The van der Waals surface area contributed by atoms with Crippen LogP contribution in [0.5, 0.6) is 0 Å². The molecule has 2 rings (SSSR count). The Morgan fingerprint density at radius 3 is 2.00 bits per heavy atom. The van der Waals surface area contributed by atoms with E-state index in [-0.39, 0.29) is 12.7 Å². The van der Waals surface area contributed by atoms with Gasteiger partial charge in [-0.15, -0.1) is 0 Å². The van der Waals surface area contributed by atoms with Gasteiger partial charge in [0.25, 0.3) is 0 Å². The van der Waals surface area contributed by atoms with Crippen molar-refractivity contribution in [2.45, 2.75) is 69.6 Å². The number of hydrogen-bond acceptors (Lipinski definition) is 3. The van der Waals surface area contributed by atoms with E-state index in [1.807, 2.05) is 0 Å². The van der Waals surface area contributed by atoms with Gasteiger partial charge in [0, 0.05) is 18.6 Å². The van der Waals surface area contributed by atoms with Gasteiger partial charge in [-0.1, -0.05) is 12.8 Å². The van der Waals surface area contributed by atoms with Gasteiger partial charge in [0.2, 0.25) is 0 Å². The summed E-state index contributed by atoms with van der Waals surface area (Å²) in [4.78, 5) is 2.53. The minimum atomic E-state index is -0.0733. The van der Waals surface area contributed by atoms with E-state index in [4.69, 9.17) is 0 Å². The van der Waals surface area contributed by atoms with E-state index in [1.54, 1.807) is 0 Å². The molecule has 0 amide bonds. The molecule has 2 N–H and O–H groups in total. The predicted molar refractivity (Wildman–Crippen MR) is 64.3 cm³/mol. The molecule has 0 aromatic carbocycles. The van der Waals surface area contributed by atoms with Crippen molar-refractivity contribution in [3.05, 3.63) is 0 Å². The van der Waals surface area contributed by atoms with Gasteiger partial charge in [-0.25, -0.2) is 0 Å². The molecule has 0 heterocycles. The summed E-state index contributed by atoms with van der Waals surface area (Å²) in [6.45, 7) is 1.10. The second kappa shape index (κ2) is 5.99. The molecule has 2 aliphatic rings. The van der Waals surface area contributed by atoms with Gasteiger partial charge in [0.05, 0.1) is 12.7 Å². The number of aliphatic hydroxyl groups is 2. The average molecular weight is 227 g/mol. The Morgan fingerprint density at radius 1 is 0.875 bits per heavy atom. The molecule has 0 aliphatic heterocycles. The van der Waals surface area contributed by atoms with Gasteiger partial charge in [-0.3, -0.25) is 4.90 Å². The fourth-order valence-corrected chi connectivity index (χ4v) is 3.40. The quantitative estimate of drug-likeness (QED) is 0.765. The summed E-state index contributed by atoms with van der Waals surface area (Å²) in [5.74, 6) is 0. The Kier molecular flexibility index (Phi) is 4.62. The highest BCUT2D eigenvalue weighted by atomic mass is 16.3. The van der Waals surface area contributed by atoms with Crippen molar-refractivity contribution in [3.8, 4) is 0 Å². The molecule has 2 fully saturated rings. The van der Waals surface area contributed by atoms with Gasteiger partial charge in [0.15, 0.2) is 0 Å². The SMILES string of the molecule is OCCN(C1CCCC1)C1CCC(O)CC1. The lowest BCUT2D eigenvalue weighted by Crippen LogP contribution is -2.45. The molecule has 0 aromatic heterocycles. The zero-order valence-corrected chi connectivity index (χ0v) is 10.1. The van der Waals surface area contributed by atoms with Gasteiger partial charge < -0.3 is 10.2 Å². The third-order valence-corrected chi connectivity index (χ3v) is 4.29. The number of aliphatic hydroxyl groups excluding tert-OH is 2. The van der Waals surface area contributed by atoms with E-state index in [0.29, 0.717) is 12.1 Å². The summed E-state index contributed by atoms with van der Waals surface area (Å²) in [6.07, 6.45) is 9.34. The van der Waals surface area contributed by atoms with Crippen molar-refractivity contribution in [3.63, 3.8) is 0 Å². The number of hydrogen-bond donors (Lipinski definition) is 2. The highest BCUT2D eigenvalue weighted by Gasteiger charge is 2.30. The van der Waals surface area contributed by atoms with E-state index in [9.17, 15) is 10.2 Å². The molecule has 2 aliphatic carbocycles. The Labute approximate surface area is 98.5 Å². The van der Waals surface area contributed by atoms with Gasteiger partial charge in [0.1, 0.15) is 0 Å². The molecule has 0 radical (unpaired) electrons. The van der Waals surface area contributed by atoms with Crippen molar-refractivity contribution in [2.24, 2.45) is 0 Å². The van der Waals surface area contributed by atoms with Crippen LogP contribution in [0.4, 0.5) is 0 Å². The molecule has 0 spiro atoms. The molecule has 16 heavy (non-hydrogen) atoms. The van der Waals surface area contributed by atoms with Crippen LogP contribution in [0.2, 0.25) is 0 Å². The minimum Gasteiger partial charge on any atom is -0.395 e. The molecule has 0 bridgehead atoms. The first-order valence-electron chi connectivity index (χ1n) is 6.86. The van der Waals surface area contributed by atoms with E-state index in [1.165, 1.54) is 25.7 Å². The molecule has 0 unspecified atom stereocenters. The summed E-state index contributed by atoms with van der Waals surface area (Å²) < 4.78 is 0. The molecule has 0 atom stereocenters. The monoisotopic (exact) mass is 227 g/mol. The standard InChI is InChI=1S/C13H25NO2/c15-10-9-14(11-3-1-2-4-11)12-5-7-13(16)8-6-12/h11-13,15-16H,1-10H2. The van der Waals surface area contributed by atoms with Gasteiger partial charge in [-0.2, -0.15) is 0 Å². The van der Waals surface area contributed by atoms with E-state index >= 15 is 0 Å². The van der Waals surface area contributed by atoms with Crippen molar-refractivity contribution in [1.29, 1.82) is 0 Å².